The minimum atomic E-state index is -0.397. The lowest BCUT2D eigenvalue weighted by molar-refractivity contribution is 0.0921. The van der Waals surface area contributed by atoms with E-state index in [4.69, 9.17) is 4.42 Å². The molecule has 0 bridgehead atoms. The molecule has 0 fully saturated rings. The van der Waals surface area contributed by atoms with E-state index in [2.05, 4.69) is 5.32 Å². The van der Waals surface area contributed by atoms with Crippen LogP contribution in [0.4, 0.5) is 4.39 Å². The molecule has 122 valence electrons. The maximum absolute atomic E-state index is 13.1. The van der Waals surface area contributed by atoms with Crippen molar-refractivity contribution in [3.05, 3.63) is 94.0 Å². The fourth-order valence-electron chi connectivity index (χ4n) is 2.26. The van der Waals surface area contributed by atoms with E-state index in [-0.39, 0.29) is 30.2 Å². The smallest absolute Gasteiger partial charge is 0.287 e. The van der Waals surface area contributed by atoms with Gasteiger partial charge in [-0.25, -0.2) is 4.39 Å². The maximum atomic E-state index is 13.1. The number of benzene rings is 1. The van der Waals surface area contributed by atoms with Crippen LogP contribution in [0, 0.1) is 5.82 Å². The second-order valence-corrected chi connectivity index (χ2v) is 5.25. The van der Waals surface area contributed by atoms with Crippen LogP contribution in [0.1, 0.15) is 21.9 Å². The minimum absolute atomic E-state index is 0.144. The molecule has 0 saturated heterocycles. The van der Waals surface area contributed by atoms with Gasteiger partial charge in [0.1, 0.15) is 11.6 Å². The first-order valence-corrected chi connectivity index (χ1v) is 7.38. The predicted octanol–water partition coefficient (Wildman–Crippen LogP) is 2.56. The van der Waals surface area contributed by atoms with Gasteiger partial charge in [0, 0.05) is 18.8 Å². The number of pyridine rings is 1. The second-order valence-electron chi connectivity index (χ2n) is 5.25. The Morgan fingerprint density at radius 3 is 2.79 bits per heavy atom. The SMILES string of the molecule is O=C(NCc1cccc(F)c1)c1ccc(Cn2ccccc2=O)o1. The molecule has 5 nitrogen and oxygen atoms in total. The molecule has 3 aromatic rings. The van der Waals surface area contributed by atoms with E-state index in [1.165, 1.54) is 22.8 Å². The molecular weight excluding hydrogens is 311 g/mol. The number of nitrogens with zero attached hydrogens (tertiary/aromatic N) is 1. The summed E-state index contributed by atoms with van der Waals surface area (Å²) in [5.74, 6) is -0.106. The van der Waals surface area contributed by atoms with Crippen molar-refractivity contribution in [3.8, 4) is 0 Å². The average molecular weight is 326 g/mol. The van der Waals surface area contributed by atoms with Crippen molar-refractivity contribution < 1.29 is 13.6 Å². The van der Waals surface area contributed by atoms with Gasteiger partial charge in [0.25, 0.3) is 11.5 Å². The molecule has 1 aromatic carbocycles. The average Bonchev–Trinajstić information content (AvgIpc) is 3.04. The van der Waals surface area contributed by atoms with Crippen LogP contribution in [0.5, 0.6) is 0 Å². The zero-order valence-electron chi connectivity index (χ0n) is 12.7. The summed E-state index contributed by atoms with van der Waals surface area (Å²) in [6.07, 6.45) is 1.65. The van der Waals surface area contributed by atoms with Crippen LogP contribution in [0.15, 0.2) is 70.0 Å². The van der Waals surface area contributed by atoms with Crippen molar-refractivity contribution in [3.63, 3.8) is 0 Å². The normalized spacial score (nSPS) is 10.5. The van der Waals surface area contributed by atoms with Gasteiger partial charge in [-0.15, -0.1) is 0 Å². The highest BCUT2D eigenvalue weighted by atomic mass is 19.1. The lowest BCUT2D eigenvalue weighted by atomic mass is 10.2. The van der Waals surface area contributed by atoms with E-state index in [1.807, 2.05) is 0 Å². The monoisotopic (exact) mass is 326 g/mol. The first-order valence-electron chi connectivity index (χ1n) is 7.38. The van der Waals surface area contributed by atoms with Crippen LogP contribution in [0.3, 0.4) is 0 Å². The Labute approximate surface area is 137 Å². The summed E-state index contributed by atoms with van der Waals surface area (Å²) in [4.78, 5) is 23.7. The van der Waals surface area contributed by atoms with E-state index in [0.29, 0.717) is 11.3 Å². The van der Waals surface area contributed by atoms with Gasteiger partial charge in [-0.1, -0.05) is 18.2 Å². The Hall–Kier alpha value is -3.15. The van der Waals surface area contributed by atoms with Crippen LogP contribution >= 0.6 is 0 Å². The number of hydrogen-bond donors (Lipinski definition) is 1. The van der Waals surface area contributed by atoms with Gasteiger partial charge in [-0.05, 0) is 35.9 Å². The van der Waals surface area contributed by atoms with Crippen molar-refractivity contribution in [2.45, 2.75) is 13.1 Å². The molecule has 0 saturated carbocycles. The number of amides is 1. The van der Waals surface area contributed by atoms with Crippen molar-refractivity contribution >= 4 is 5.91 Å². The molecule has 0 spiro atoms. The van der Waals surface area contributed by atoms with E-state index >= 15 is 0 Å². The number of carbonyl (C=O) groups is 1. The molecule has 0 aliphatic carbocycles. The van der Waals surface area contributed by atoms with Crippen LogP contribution in [-0.2, 0) is 13.1 Å². The van der Waals surface area contributed by atoms with Gasteiger partial charge in [-0.3, -0.25) is 9.59 Å². The van der Waals surface area contributed by atoms with E-state index < -0.39 is 5.91 Å². The zero-order valence-corrected chi connectivity index (χ0v) is 12.7. The molecule has 1 N–H and O–H groups in total. The summed E-state index contributed by atoms with van der Waals surface area (Å²) in [7, 11) is 0. The summed E-state index contributed by atoms with van der Waals surface area (Å²) in [5.41, 5.74) is 0.511. The maximum Gasteiger partial charge on any atom is 0.287 e. The summed E-state index contributed by atoms with van der Waals surface area (Å²) in [6.45, 7) is 0.446. The largest absolute Gasteiger partial charge is 0.454 e. The third-order valence-electron chi connectivity index (χ3n) is 3.45. The van der Waals surface area contributed by atoms with E-state index in [1.54, 1.807) is 42.6 Å². The van der Waals surface area contributed by atoms with Gasteiger partial charge in [0.2, 0.25) is 0 Å². The lowest BCUT2D eigenvalue weighted by Crippen LogP contribution is -2.22. The van der Waals surface area contributed by atoms with Crippen LogP contribution in [-0.4, -0.2) is 10.5 Å². The van der Waals surface area contributed by atoms with Gasteiger partial charge >= 0.3 is 0 Å². The van der Waals surface area contributed by atoms with Gasteiger partial charge < -0.3 is 14.3 Å². The molecule has 0 atom stereocenters. The van der Waals surface area contributed by atoms with E-state index in [0.717, 1.165) is 0 Å². The molecule has 2 heterocycles. The van der Waals surface area contributed by atoms with Gasteiger partial charge in [0.15, 0.2) is 5.76 Å². The van der Waals surface area contributed by atoms with Crippen molar-refractivity contribution in [2.75, 3.05) is 0 Å². The Kier molecular flexibility index (Phi) is 4.56. The Bertz CT molecular complexity index is 914. The zero-order chi connectivity index (χ0) is 16.9. The van der Waals surface area contributed by atoms with Crippen LogP contribution < -0.4 is 10.9 Å². The molecule has 0 unspecified atom stereocenters. The Balaban J connectivity index is 1.63. The topological polar surface area (TPSA) is 64.2 Å². The van der Waals surface area contributed by atoms with Crippen molar-refractivity contribution in [1.29, 1.82) is 0 Å². The standard InChI is InChI=1S/C18H15FN2O3/c19-14-5-3-4-13(10-14)11-20-18(23)16-8-7-15(24-16)12-21-9-2-1-6-17(21)22/h1-10H,11-12H2,(H,20,23). The van der Waals surface area contributed by atoms with Crippen LogP contribution in [0.25, 0.3) is 0 Å². The molecule has 0 aliphatic heterocycles. The third kappa shape index (κ3) is 3.78. The quantitative estimate of drug-likeness (QED) is 0.784. The highest BCUT2D eigenvalue weighted by Crippen LogP contribution is 2.10. The van der Waals surface area contributed by atoms with Crippen molar-refractivity contribution in [2.24, 2.45) is 0 Å². The molecule has 2 aromatic heterocycles. The highest BCUT2D eigenvalue weighted by molar-refractivity contribution is 5.91. The summed E-state index contributed by atoms with van der Waals surface area (Å²) in [5, 5.41) is 2.66. The number of rotatable bonds is 5. The molecule has 1 amide bonds. The third-order valence-corrected chi connectivity index (χ3v) is 3.45. The first kappa shape index (κ1) is 15.7. The molecule has 3 rings (SSSR count). The highest BCUT2D eigenvalue weighted by Gasteiger charge is 2.11. The fourth-order valence-corrected chi connectivity index (χ4v) is 2.26. The first-order chi connectivity index (χ1) is 11.6. The predicted molar refractivity (Wildman–Crippen MR) is 86.1 cm³/mol. The molecule has 0 radical (unpaired) electrons. The Morgan fingerprint density at radius 1 is 1.12 bits per heavy atom. The van der Waals surface area contributed by atoms with Gasteiger partial charge in [-0.2, -0.15) is 0 Å². The number of halogens is 1. The number of furan rings is 1. The summed E-state index contributed by atoms with van der Waals surface area (Å²) in [6, 6.07) is 14.1. The number of nitrogens with one attached hydrogen (secondary N) is 1. The second kappa shape index (κ2) is 6.95. The number of aromatic nitrogens is 1. The molecule has 24 heavy (non-hydrogen) atoms. The number of hydrogen-bond acceptors (Lipinski definition) is 3. The fraction of sp³-hybridized carbons (Fsp3) is 0.111. The Morgan fingerprint density at radius 2 is 2.00 bits per heavy atom. The van der Waals surface area contributed by atoms with Crippen LogP contribution in [0.2, 0.25) is 0 Å². The summed E-state index contributed by atoms with van der Waals surface area (Å²) >= 11 is 0. The molecule has 6 heteroatoms. The van der Waals surface area contributed by atoms with E-state index in [9.17, 15) is 14.0 Å². The van der Waals surface area contributed by atoms with Gasteiger partial charge in [0.05, 0.1) is 6.54 Å². The summed E-state index contributed by atoms with van der Waals surface area (Å²) < 4.78 is 20.0. The minimum Gasteiger partial charge on any atom is -0.454 e. The van der Waals surface area contributed by atoms with Crippen molar-refractivity contribution in [1.82, 2.24) is 9.88 Å². The molecular formula is C18H15FN2O3. The lowest BCUT2D eigenvalue weighted by Gasteiger charge is -2.04. The molecule has 0 aliphatic rings. The number of carbonyl (C=O) groups excluding carboxylic acids is 1.